The molecule has 0 bridgehead atoms. The van der Waals surface area contributed by atoms with Crippen LogP contribution in [0.3, 0.4) is 0 Å². The molecule has 1 aromatic rings. The van der Waals surface area contributed by atoms with Crippen LogP contribution < -0.4 is 4.74 Å². The van der Waals surface area contributed by atoms with Crippen LogP contribution in [0.15, 0.2) is 30.3 Å². The predicted octanol–water partition coefficient (Wildman–Crippen LogP) is 2.51. The van der Waals surface area contributed by atoms with Crippen LogP contribution in [0.4, 0.5) is 0 Å². The number of nitrogens with zero attached hydrogens (tertiary/aromatic N) is 1. The van der Waals surface area contributed by atoms with E-state index in [0.717, 1.165) is 42.9 Å². The Morgan fingerprint density at radius 3 is 3.10 bits per heavy atom. The second-order valence-corrected chi connectivity index (χ2v) is 5.29. The molecule has 0 amide bonds. The third-order valence-corrected chi connectivity index (χ3v) is 3.46. The van der Waals surface area contributed by atoms with Gasteiger partial charge in [0.1, 0.15) is 12.4 Å². The second kappa shape index (κ2) is 7.10. The summed E-state index contributed by atoms with van der Waals surface area (Å²) >= 11 is 0. The maximum Gasteiger partial charge on any atom is 0.328 e. The van der Waals surface area contributed by atoms with Gasteiger partial charge >= 0.3 is 5.97 Å². The van der Waals surface area contributed by atoms with E-state index in [0.29, 0.717) is 6.61 Å². The lowest BCUT2D eigenvalue weighted by Crippen LogP contribution is -2.25. The average Bonchev–Trinajstić information content (AvgIpc) is 2.83. The van der Waals surface area contributed by atoms with Crippen molar-refractivity contribution in [3.05, 3.63) is 35.9 Å². The highest BCUT2D eigenvalue weighted by molar-refractivity contribution is 5.85. The predicted molar refractivity (Wildman–Crippen MR) is 78.8 cm³/mol. The normalized spacial score (nSPS) is 19.6. The first-order valence-electron chi connectivity index (χ1n) is 7.00. The van der Waals surface area contributed by atoms with E-state index in [1.54, 1.807) is 6.08 Å². The van der Waals surface area contributed by atoms with Gasteiger partial charge in [-0.05, 0) is 42.7 Å². The zero-order valence-electron chi connectivity index (χ0n) is 11.8. The molecular weight excluding hydrogens is 254 g/mol. The van der Waals surface area contributed by atoms with E-state index in [1.807, 2.05) is 24.3 Å². The number of carbonyl (C=O) groups is 1. The minimum Gasteiger partial charge on any atom is -0.492 e. The molecule has 1 N–H and O–H groups in total. The maximum atomic E-state index is 10.5. The fourth-order valence-electron chi connectivity index (χ4n) is 2.40. The summed E-state index contributed by atoms with van der Waals surface area (Å²) in [5, 5.41) is 8.60. The topological polar surface area (TPSA) is 49.8 Å². The van der Waals surface area contributed by atoms with E-state index in [2.05, 4.69) is 11.8 Å². The molecule has 1 unspecified atom stereocenters. The van der Waals surface area contributed by atoms with Crippen molar-refractivity contribution in [3.8, 4) is 5.75 Å². The molecule has 0 aliphatic carbocycles. The molecule has 0 saturated carbocycles. The summed E-state index contributed by atoms with van der Waals surface area (Å²) in [5.41, 5.74) is 0.833. The van der Waals surface area contributed by atoms with E-state index in [-0.39, 0.29) is 0 Å². The third kappa shape index (κ3) is 4.70. The van der Waals surface area contributed by atoms with Crippen LogP contribution in [0.25, 0.3) is 6.08 Å². The van der Waals surface area contributed by atoms with Crippen LogP contribution in [0.5, 0.6) is 5.75 Å². The van der Waals surface area contributed by atoms with E-state index in [9.17, 15) is 4.79 Å². The number of hydrogen-bond donors (Lipinski definition) is 1. The lowest BCUT2D eigenvalue weighted by Gasteiger charge is -2.15. The molecule has 4 heteroatoms. The lowest BCUT2D eigenvalue weighted by molar-refractivity contribution is -0.131. The number of hydrogen-bond acceptors (Lipinski definition) is 3. The molecule has 1 aromatic carbocycles. The van der Waals surface area contributed by atoms with Crippen molar-refractivity contribution < 1.29 is 14.6 Å². The van der Waals surface area contributed by atoms with Gasteiger partial charge < -0.3 is 9.84 Å². The van der Waals surface area contributed by atoms with Crippen molar-refractivity contribution in [2.75, 3.05) is 26.2 Å². The smallest absolute Gasteiger partial charge is 0.328 e. The Labute approximate surface area is 119 Å². The van der Waals surface area contributed by atoms with Gasteiger partial charge in [0.05, 0.1) is 0 Å². The molecule has 1 aliphatic rings. The molecular formula is C16H21NO3. The highest BCUT2D eigenvalue weighted by Gasteiger charge is 2.17. The molecule has 1 atom stereocenters. The van der Waals surface area contributed by atoms with Gasteiger partial charge in [-0.15, -0.1) is 0 Å². The number of rotatable bonds is 6. The first-order chi connectivity index (χ1) is 9.63. The summed E-state index contributed by atoms with van der Waals surface area (Å²) in [4.78, 5) is 12.9. The van der Waals surface area contributed by atoms with Crippen molar-refractivity contribution in [2.45, 2.75) is 13.3 Å². The van der Waals surface area contributed by atoms with E-state index >= 15 is 0 Å². The molecule has 108 valence electrons. The zero-order valence-corrected chi connectivity index (χ0v) is 11.8. The van der Waals surface area contributed by atoms with Gasteiger partial charge in [0.25, 0.3) is 0 Å². The molecule has 0 aromatic heterocycles. The molecule has 4 nitrogen and oxygen atoms in total. The van der Waals surface area contributed by atoms with Gasteiger partial charge in [-0.3, -0.25) is 4.90 Å². The van der Waals surface area contributed by atoms with Gasteiger partial charge in [-0.1, -0.05) is 19.1 Å². The summed E-state index contributed by atoms with van der Waals surface area (Å²) < 4.78 is 5.73. The average molecular weight is 275 g/mol. The van der Waals surface area contributed by atoms with Gasteiger partial charge in [0, 0.05) is 19.2 Å². The van der Waals surface area contributed by atoms with E-state index in [4.69, 9.17) is 9.84 Å². The Bertz CT molecular complexity index is 484. The SMILES string of the molecule is CC1CCN(CCOc2cccc(C=CC(=O)O)c2)C1. The van der Waals surface area contributed by atoms with Crippen LogP contribution >= 0.6 is 0 Å². The molecule has 20 heavy (non-hydrogen) atoms. The number of carboxylic acids is 1. The molecule has 1 heterocycles. The van der Waals surface area contributed by atoms with Crippen LogP contribution in [0, 0.1) is 5.92 Å². The monoisotopic (exact) mass is 275 g/mol. The Balaban J connectivity index is 1.80. The highest BCUT2D eigenvalue weighted by Crippen LogP contribution is 2.16. The van der Waals surface area contributed by atoms with Crippen molar-refractivity contribution in [1.29, 1.82) is 0 Å². The molecule has 1 fully saturated rings. The summed E-state index contributed by atoms with van der Waals surface area (Å²) in [5.74, 6) is 0.628. The van der Waals surface area contributed by atoms with Crippen LogP contribution in [0.1, 0.15) is 18.9 Å². The largest absolute Gasteiger partial charge is 0.492 e. The highest BCUT2D eigenvalue weighted by atomic mass is 16.5. The van der Waals surface area contributed by atoms with Crippen LogP contribution in [-0.2, 0) is 4.79 Å². The molecule has 0 spiro atoms. The van der Waals surface area contributed by atoms with Gasteiger partial charge in [-0.2, -0.15) is 0 Å². The number of carboxylic acid groups (broad SMARTS) is 1. The summed E-state index contributed by atoms with van der Waals surface area (Å²) in [6.45, 7) is 6.20. The van der Waals surface area contributed by atoms with Gasteiger partial charge in [0.15, 0.2) is 0 Å². The molecule has 0 radical (unpaired) electrons. The second-order valence-electron chi connectivity index (χ2n) is 5.29. The Morgan fingerprint density at radius 2 is 2.40 bits per heavy atom. The van der Waals surface area contributed by atoms with Crippen LogP contribution in [-0.4, -0.2) is 42.2 Å². The first-order valence-corrected chi connectivity index (χ1v) is 7.00. The Hall–Kier alpha value is -1.81. The number of likely N-dealkylation sites (tertiary alicyclic amines) is 1. The lowest BCUT2D eigenvalue weighted by atomic mass is 10.2. The molecule has 1 saturated heterocycles. The number of aliphatic carboxylic acids is 1. The Morgan fingerprint density at radius 1 is 1.55 bits per heavy atom. The molecule has 1 aliphatic heterocycles. The minimum atomic E-state index is -0.945. The van der Waals surface area contributed by atoms with Crippen molar-refractivity contribution >= 4 is 12.0 Å². The zero-order chi connectivity index (χ0) is 14.4. The first kappa shape index (κ1) is 14.6. The number of benzene rings is 1. The van der Waals surface area contributed by atoms with Crippen molar-refractivity contribution in [2.24, 2.45) is 5.92 Å². The summed E-state index contributed by atoms with van der Waals surface area (Å²) in [6.07, 6.45) is 3.97. The minimum absolute atomic E-state index is 0.665. The fraction of sp³-hybridized carbons (Fsp3) is 0.438. The summed E-state index contributed by atoms with van der Waals surface area (Å²) in [6, 6.07) is 7.47. The third-order valence-electron chi connectivity index (χ3n) is 3.46. The summed E-state index contributed by atoms with van der Waals surface area (Å²) in [7, 11) is 0. The maximum absolute atomic E-state index is 10.5. The van der Waals surface area contributed by atoms with Crippen molar-refractivity contribution in [1.82, 2.24) is 4.90 Å². The standard InChI is InChI=1S/C16H21NO3/c1-13-7-8-17(12-13)9-10-20-15-4-2-3-14(11-15)5-6-16(18)19/h2-6,11,13H,7-10,12H2,1H3,(H,18,19). The number of ether oxygens (including phenoxy) is 1. The quantitative estimate of drug-likeness (QED) is 0.810. The van der Waals surface area contributed by atoms with Crippen molar-refractivity contribution in [3.63, 3.8) is 0 Å². The van der Waals surface area contributed by atoms with E-state index in [1.165, 1.54) is 6.42 Å². The van der Waals surface area contributed by atoms with E-state index < -0.39 is 5.97 Å². The molecule has 2 rings (SSSR count). The Kier molecular flexibility index (Phi) is 5.18. The fourth-order valence-corrected chi connectivity index (χ4v) is 2.40. The van der Waals surface area contributed by atoms with Gasteiger partial charge in [0.2, 0.25) is 0 Å². The van der Waals surface area contributed by atoms with Crippen LogP contribution in [0.2, 0.25) is 0 Å². The van der Waals surface area contributed by atoms with Gasteiger partial charge in [-0.25, -0.2) is 4.79 Å².